The minimum atomic E-state index is -0.573. The molecule has 2 aromatic carbocycles. The minimum absolute atomic E-state index is 0.00231. The van der Waals surface area contributed by atoms with Crippen molar-refractivity contribution in [2.75, 3.05) is 20.1 Å². The van der Waals surface area contributed by atoms with Crippen LogP contribution in [0.5, 0.6) is 0 Å². The number of aromatic nitrogens is 1. The quantitative estimate of drug-likeness (QED) is 0.623. The predicted molar refractivity (Wildman–Crippen MR) is 126 cm³/mol. The van der Waals surface area contributed by atoms with E-state index in [0.717, 1.165) is 16.8 Å². The SMILES string of the molecule is CNC(=O)C1(Cc2ccc(-c3ccccc3F)cc2)CCN(C(=O)Cc2ccccn2)CC1. The third-order valence-corrected chi connectivity index (χ3v) is 6.52. The van der Waals surface area contributed by atoms with Crippen molar-refractivity contribution >= 4 is 11.8 Å². The van der Waals surface area contributed by atoms with Crippen LogP contribution < -0.4 is 5.32 Å². The highest BCUT2D eigenvalue weighted by atomic mass is 19.1. The van der Waals surface area contributed by atoms with Crippen LogP contribution in [0.25, 0.3) is 11.1 Å². The molecule has 1 saturated heterocycles. The van der Waals surface area contributed by atoms with E-state index < -0.39 is 5.41 Å². The number of carbonyl (C=O) groups is 2. The van der Waals surface area contributed by atoms with Crippen LogP contribution in [0.2, 0.25) is 0 Å². The van der Waals surface area contributed by atoms with Crippen LogP contribution in [-0.4, -0.2) is 41.8 Å². The number of amides is 2. The van der Waals surface area contributed by atoms with E-state index in [-0.39, 0.29) is 24.1 Å². The molecule has 2 amide bonds. The summed E-state index contributed by atoms with van der Waals surface area (Å²) in [5.41, 5.74) is 2.56. The van der Waals surface area contributed by atoms with Gasteiger partial charge in [0.1, 0.15) is 5.82 Å². The summed E-state index contributed by atoms with van der Waals surface area (Å²) < 4.78 is 14.1. The Morgan fingerprint density at radius 1 is 1.00 bits per heavy atom. The van der Waals surface area contributed by atoms with Gasteiger partial charge < -0.3 is 10.2 Å². The summed E-state index contributed by atoms with van der Waals surface area (Å²) in [6.07, 6.45) is 3.72. The zero-order valence-corrected chi connectivity index (χ0v) is 18.8. The number of benzene rings is 2. The third-order valence-electron chi connectivity index (χ3n) is 6.52. The van der Waals surface area contributed by atoms with Crippen molar-refractivity contribution in [3.8, 4) is 11.1 Å². The molecule has 4 rings (SSSR count). The lowest BCUT2D eigenvalue weighted by Gasteiger charge is -2.40. The molecule has 170 valence electrons. The average molecular weight is 446 g/mol. The van der Waals surface area contributed by atoms with Gasteiger partial charge in [0, 0.05) is 37.6 Å². The standard InChI is InChI=1S/C27H28FN3O2/c1-29-26(33)27(13-16-31(17-14-27)25(32)18-22-6-4-5-15-30-22)19-20-9-11-21(12-10-20)23-7-2-3-8-24(23)28/h2-12,15H,13-14,16-19H2,1H3,(H,29,33). The maximum absolute atomic E-state index is 14.1. The maximum atomic E-state index is 14.1. The second-order valence-electron chi connectivity index (χ2n) is 8.59. The number of nitrogens with one attached hydrogen (secondary N) is 1. The van der Waals surface area contributed by atoms with Crippen molar-refractivity contribution in [1.82, 2.24) is 15.2 Å². The van der Waals surface area contributed by atoms with Gasteiger partial charge in [0.2, 0.25) is 11.8 Å². The van der Waals surface area contributed by atoms with E-state index >= 15 is 0 Å². The lowest BCUT2D eigenvalue weighted by atomic mass is 9.72. The summed E-state index contributed by atoms with van der Waals surface area (Å²) in [7, 11) is 1.66. The Labute approximate surface area is 193 Å². The number of likely N-dealkylation sites (tertiary alicyclic amines) is 1. The fourth-order valence-electron chi connectivity index (χ4n) is 4.59. The smallest absolute Gasteiger partial charge is 0.228 e. The van der Waals surface area contributed by atoms with Gasteiger partial charge in [0.15, 0.2) is 0 Å². The Hall–Kier alpha value is -3.54. The van der Waals surface area contributed by atoms with Crippen LogP contribution in [0.1, 0.15) is 24.1 Å². The van der Waals surface area contributed by atoms with Gasteiger partial charge in [-0.2, -0.15) is 0 Å². The highest BCUT2D eigenvalue weighted by Gasteiger charge is 2.41. The molecule has 1 aromatic heterocycles. The van der Waals surface area contributed by atoms with Gasteiger partial charge in [-0.25, -0.2) is 4.39 Å². The van der Waals surface area contributed by atoms with E-state index in [1.54, 1.807) is 25.4 Å². The molecule has 0 saturated carbocycles. The van der Waals surface area contributed by atoms with Crippen LogP contribution in [-0.2, 0) is 22.4 Å². The van der Waals surface area contributed by atoms with Gasteiger partial charge >= 0.3 is 0 Å². The zero-order chi connectivity index (χ0) is 23.3. The van der Waals surface area contributed by atoms with Crippen molar-refractivity contribution in [2.45, 2.75) is 25.7 Å². The van der Waals surface area contributed by atoms with Crippen LogP contribution >= 0.6 is 0 Å². The molecule has 2 heterocycles. The summed E-state index contributed by atoms with van der Waals surface area (Å²) in [6, 6.07) is 20.0. The van der Waals surface area contributed by atoms with E-state index in [1.165, 1.54) is 6.07 Å². The molecule has 0 spiro atoms. The zero-order valence-electron chi connectivity index (χ0n) is 18.8. The molecule has 0 radical (unpaired) electrons. The van der Waals surface area contributed by atoms with Crippen molar-refractivity contribution in [1.29, 1.82) is 0 Å². The molecule has 0 atom stereocenters. The van der Waals surface area contributed by atoms with Gasteiger partial charge in [0.25, 0.3) is 0 Å². The number of hydrogen-bond donors (Lipinski definition) is 1. The van der Waals surface area contributed by atoms with Gasteiger partial charge in [-0.3, -0.25) is 14.6 Å². The summed E-state index contributed by atoms with van der Waals surface area (Å²) in [5.74, 6) is -0.222. The normalized spacial score (nSPS) is 15.2. The summed E-state index contributed by atoms with van der Waals surface area (Å²) in [4.78, 5) is 31.7. The molecule has 5 nitrogen and oxygen atoms in total. The molecule has 0 aliphatic carbocycles. The summed E-state index contributed by atoms with van der Waals surface area (Å²) in [6.45, 7) is 1.07. The first-order chi connectivity index (χ1) is 16.0. The van der Waals surface area contributed by atoms with E-state index in [2.05, 4.69) is 10.3 Å². The summed E-state index contributed by atoms with van der Waals surface area (Å²) in [5, 5.41) is 2.82. The highest BCUT2D eigenvalue weighted by Crippen LogP contribution is 2.36. The fourth-order valence-corrected chi connectivity index (χ4v) is 4.59. The number of carbonyl (C=O) groups excluding carboxylic acids is 2. The number of hydrogen-bond acceptors (Lipinski definition) is 3. The molecule has 0 bridgehead atoms. The topological polar surface area (TPSA) is 62.3 Å². The average Bonchev–Trinajstić information content (AvgIpc) is 2.85. The molecule has 1 aliphatic heterocycles. The molecule has 1 fully saturated rings. The largest absolute Gasteiger partial charge is 0.359 e. The fraction of sp³-hybridized carbons (Fsp3) is 0.296. The van der Waals surface area contributed by atoms with Crippen LogP contribution in [0.3, 0.4) is 0 Å². The number of halogens is 1. The Morgan fingerprint density at radius 2 is 1.70 bits per heavy atom. The molecular formula is C27H28FN3O2. The van der Waals surface area contributed by atoms with E-state index in [0.29, 0.717) is 37.9 Å². The van der Waals surface area contributed by atoms with Gasteiger partial charge in [-0.05, 0) is 48.6 Å². The van der Waals surface area contributed by atoms with E-state index in [4.69, 9.17) is 0 Å². The van der Waals surface area contributed by atoms with Crippen molar-refractivity contribution < 1.29 is 14.0 Å². The second kappa shape index (κ2) is 9.94. The molecule has 1 N–H and O–H groups in total. The Balaban J connectivity index is 1.45. The van der Waals surface area contributed by atoms with Gasteiger partial charge in [-0.15, -0.1) is 0 Å². The first kappa shape index (κ1) is 22.6. The Morgan fingerprint density at radius 3 is 2.33 bits per heavy atom. The number of rotatable bonds is 6. The van der Waals surface area contributed by atoms with Gasteiger partial charge in [-0.1, -0.05) is 48.5 Å². The predicted octanol–water partition coefficient (Wildman–Crippen LogP) is 4.03. The first-order valence-corrected chi connectivity index (χ1v) is 11.2. The van der Waals surface area contributed by atoms with E-state index in [9.17, 15) is 14.0 Å². The minimum Gasteiger partial charge on any atom is -0.359 e. The third kappa shape index (κ3) is 5.11. The van der Waals surface area contributed by atoms with Crippen LogP contribution in [0, 0.1) is 11.2 Å². The molecule has 33 heavy (non-hydrogen) atoms. The van der Waals surface area contributed by atoms with E-state index in [1.807, 2.05) is 53.4 Å². The number of nitrogens with zero attached hydrogens (tertiary/aromatic N) is 2. The lowest BCUT2D eigenvalue weighted by Crippen LogP contribution is -2.51. The molecule has 6 heteroatoms. The monoisotopic (exact) mass is 445 g/mol. The van der Waals surface area contributed by atoms with Crippen molar-refractivity contribution in [3.63, 3.8) is 0 Å². The maximum Gasteiger partial charge on any atom is 0.228 e. The Kier molecular flexibility index (Phi) is 6.82. The lowest BCUT2D eigenvalue weighted by molar-refractivity contribution is -0.140. The molecule has 1 aliphatic rings. The van der Waals surface area contributed by atoms with Crippen molar-refractivity contribution in [3.05, 3.63) is 90.0 Å². The Bertz CT molecular complexity index is 1110. The van der Waals surface area contributed by atoms with Gasteiger partial charge in [0.05, 0.1) is 11.8 Å². The summed E-state index contributed by atoms with van der Waals surface area (Å²) >= 11 is 0. The van der Waals surface area contributed by atoms with Crippen molar-refractivity contribution in [2.24, 2.45) is 5.41 Å². The highest BCUT2D eigenvalue weighted by molar-refractivity contribution is 5.84. The molecule has 3 aromatic rings. The van der Waals surface area contributed by atoms with Crippen LogP contribution in [0.15, 0.2) is 72.9 Å². The molecule has 0 unspecified atom stereocenters. The number of pyridine rings is 1. The molecular weight excluding hydrogens is 417 g/mol. The number of piperidine rings is 1. The first-order valence-electron chi connectivity index (χ1n) is 11.2. The van der Waals surface area contributed by atoms with Crippen LogP contribution in [0.4, 0.5) is 4.39 Å². The second-order valence-corrected chi connectivity index (χ2v) is 8.59.